The van der Waals surface area contributed by atoms with Crippen LogP contribution in [0.3, 0.4) is 0 Å². The Morgan fingerprint density at radius 1 is 1.45 bits per heavy atom. The average molecular weight is 340 g/mol. The zero-order valence-corrected chi connectivity index (χ0v) is 13.0. The lowest BCUT2D eigenvalue weighted by molar-refractivity contribution is -0.119. The van der Waals surface area contributed by atoms with Crippen molar-refractivity contribution < 1.29 is 9.59 Å². The minimum absolute atomic E-state index is 0.000854. The molecule has 0 aliphatic carbocycles. The number of halogens is 1. The van der Waals surface area contributed by atoms with Gasteiger partial charge in [0.25, 0.3) is 5.91 Å². The molecule has 1 N–H and O–H groups in total. The third kappa shape index (κ3) is 3.79. The number of piperidine rings is 1. The van der Waals surface area contributed by atoms with Crippen molar-refractivity contribution in [2.45, 2.75) is 19.8 Å². The summed E-state index contributed by atoms with van der Waals surface area (Å²) in [6, 6.07) is 3.62. The van der Waals surface area contributed by atoms with Gasteiger partial charge in [-0.2, -0.15) is 0 Å². The van der Waals surface area contributed by atoms with Crippen molar-refractivity contribution in [2.75, 3.05) is 19.6 Å². The van der Waals surface area contributed by atoms with Crippen molar-refractivity contribution >= 4 is 27.7 Å². The van der Waals surface area contributed by atoms with Gasteiger partial charge in [-0.05, 0) is 46.8 Å². The first-order valence-corrected chi connectivity index (χ1v) is 7.51. The first-order valence-electron chi connectivity index (χ1n) is 6.72. The minimum Gasteiger partial charge on any atom is -0.356 e. The van der Waals surface area contributed by atoms with E-state index in [0.717, 1.165) is 17.3 Å². The summed E-state index contributed by atoms with van der Waals surface area (Å²) in [7, 11) is 0. The molecule has 0 saturated carbocycles. The molecule has 2 amide bonds. The fourth-order valence-electron chi connectivity index (χ4n) is 2.32. The Bertz CT molecular complexity index is 499. The molecule has 0 unspecified atom stereocenters. The van der Waals surface area contributed by atoms with Gasteiger partial charge >= 0.3 is 0 Å². The Morgan fingerprint density at radius 2 is 2.15 bits per heavy atom. The lowest BCUT2D eigenvalue weighted by Crippen LogP contribution is -2.41. The Morgan fingerprint density at radius 3 is 2.75 bits per heavy atom. The molecular weight excluding hydrogens is 322 g/mol. The first-order chi connectivity index (χ1) is 9.58. The maximum Gasteiger partial charge on any atom is 0.273 e. The van der Waals surface area contributed by atoms with E-state index in [2.05, 4.69) is 26.2 Å². The SMILES string of the molecule is CC(=O)NCC1CCN(C(=O)c2ncccc2Br)CC1. The smallest absolute Gasteiger partial charge is 0.273 e. The minimum atomic E-state index is -0.0320. The number of likely N-dealkylation sites (tertiary alicyclic amines) is 1. The Hall–Kier alpha value is -1.43. The predicted octanol–water partition coefficient (Wildman–Crippen LogP) is 1.83. The van der Waals surface area contributed by atoms with E-state index in [9.17, 15) is 9.59 Å². The molecule has 108 valence electrons. The zero-order chi connectivity index (χ0) is 14.5. The van der Waals surface area contributed by atoms with E-state index in [1.165, 1.54) is 6.92 Å². The number of aromatic nitrogens is 1. The van der Waals surface area contributed by atoms with E-state index >= 15 is 0 Å². The van der Waals surface area contributed by atoms with Gasteiger partial charge in [-0.3, -0.25) is 9.59 Å². The van der Waals surface area contributed by atoms with Crippen molar-refractivity contribution in [3.8, 4) is 0 Å². The molecule has 1 aromatic heterocycles. The van der Waals surface area contributed by atoms with Crippen LogP contribution in [0.15, 0.2) is 22.8 Å². The predicted molar refractivity (Wildman–Crippen MR) is 79.2 cm³/mol. The Balaban J connectivity index is 1.89. The molecule has 0 spiro atoms. The van der Waals surface area contributed by atoms with Crippen LogP contribution in [0.4, 0.5) is 0 Å². The maximum absolute atomic E-state index is 12.4. The fourth-order valence-corrected chi connectivity index (χ4v) is 2.75. The molecular formula is C14H18BrN3O2. The number of hydrogen-bond donors (Lipinski definition) is 1. The van der Waals surface area contributed by atoms with Crippen molar-refractivity contribution in [3.63, 3.8) is 0 Å². The second kappa shape index (κ2) is 6.83. The molecule has 1 aliphatic heterocycles. The summed E-state index contributed by atoms with van der Waals surface area (Å²) in [6.07, 6.45) is 3.45. The van der Waals surface area contributed by atoms with E-state index in [0.29, 0.717) is 31.2 Å². The summed E-state index contributed by atoms with van der Waals surface area (Å²) >= 11 is 3.36. The van der Waals surface area contributed by atoms with Gasteiger partial charge in [0, 0.05) is 37.2 Å². The van der Waals surface area contributed by atoms with Crippen LogP contribution in [-0.2, 0) is 4.79 Å². The number of nitrogens with one attached hydrogen (secondary N) is 1. The molecule has 2 rings (SSSR count). The molecule has 5 nitrogen and oxygen atoms in total. The second-order valence-corrected chi connectivity index (χ2v) is 5.86. The molecule has 0 atom stereocenters. The van der Waals surface area contributed by atoms with Gasteiger partial charge in [0.05, 0.1) is 0 Å². The molecule has 0 aromatic carbocycles. The summed E-state index contributed by atoms with van der Waals surface area (Å²) in [5.74, 6) is 0.423. The van der Waals surface area contributed by atoms with Gasteiger partial charge in [0.1, 0.15) is 5.69 Å². The molecule has 0 radical (unpaired) electrons. The third-order valence-electron chi connectivity index (χ3n) is 3.50. The molecule has 6 heteroatoms. The highest BCUT2D eigenvalue weighted by Crippen LogP contribution is 2.21. The molecule has 0 bridgehead atoms. The van der Waals surface area contributed by atoms with Crippen LogP contribution in [0.1, 0.15) is 30.3 Å². The van der Waals surface area contributed by atoms with E-state index in [-0.39, 0.29) is 11.8 Å². The summed E-state index contributed by atoms with van der Waals surface area (Å²) in [4.78, 5) is 29.2. The third-order valence-corrected chi connectivity index (χ3v) is 4.14. The summed E-state index contributed by atoms with van der Waals surface area (Å²) < 4.78 is 0.727. The van der Waals surface area contributed by atoms with Gasteiger partial charge in [0.15, 0.2) is 0 Å². The molecule has 1 aliphatic rings. The first kappa shape index (κ1) is 15.0. The van der Waals surface area contributed by atoms with E-state index in [1.54, 1.807) is 12.3 Å². The van der Waals surface area contributed by atoms with Crippen LogP contribution >= 0.6 is 15.9 Å². The van der Waals surface area contributed by atoms with Crippen molar-refractivity contribution in [1.29, 1.82) is 0 Å². The summed E-state index contributed by atoms with van der Waals surface area (Å²) in [6.45, 7) is 3.65. The lowest BCUT2D eigenvalue weighted by atomic mass is 9.96. The number of hydrogen-bond acceptors (Lipinski definition) is 3. The molecule has 1 fully saturated rings. The maximum atomic E-state index is 12.4. The van der Waals surface area contributed by atoms with Crippen LogP contribution in [0.25, 0.3) is 0 Å². The summed E-state index contributed by atoms with van der Waals surface area (Å²) in [5, 5.41) is 2.84. The normalized spacial score (nSPS) is 16.0. The van der Waals surface area contributed by atoms with Gasteiger partial charge < -0.3 is 10.2 Å². The second-order valence-electron chi connectivity index (χ2n) is 5.01. The van der Waals surface area contributed by atoms with Crippen LogP contribution < -0.4 is 5.32 Å². The van der Waals surface area contributed by atoms with Crippen LogP contribution in [0.5, 0.6) is 0 Å². The van der Waals surface area contributed by atoms with E-state index < -0.39 is 0 Å². The fraction of sp³-hybridized carbons (Fsp3) is 0.500. The number of amides is 2. The van der Waals surface area contributed by atoms with Crippen molar-refractivity contribution in [3.05, 3.63) is 28.5 Å². The number of carbonyl (C=O) groups is 2. The van der Waals surface area contributed by atoms with E-state index in [1.807, 2.05) is 11.0 Å². The topological polar surface area (TPSA) is 62.3 Å². The number of carbonyl (C=O) groups excluding carboxylic acids is 2. The molecule has 1 saturated heterocycles. The van der Waals surface area contributed by atoms with Gasteiger partial charge in [-0.15, -0.1) is 0 Å². The largest absolute Gasteiger partial charge is 0.356 e. The highest BCUT2D eigenvalue weighted by Gasteiger charge is 2.25. The Kier molecular flexibility index (Phi) is 5.11. The number of nitrogens with zero attached hydrogens (tertiary/aromatic N) is 2. The number of rotatable bonds is 3. The van der Waals surface area contributed by atoms with Crippen LogP contribution in [-0.4, -0.2) is 41.3 Å². The standard InChI is InChI=1S/C14H18BrN3O2/c1-10(19)17-9-11-4-7-18(8-5-11)14(20)13-12(15)3-2-6-16-13/h2-3,6,11H,4-5,7-9H2,1H3,(H,17,19). The van der Waals surface area contributed by atoms with Crippen LogP contribution in [0, 0.1) is 5.92 Å². The van der Waals surface area contributed by atoms with Gasteiger partial charge in [-0.1, -0.05) is 0 Å². The van der Waals surface area contributed by atoms with Gasteiger partial charge in [-0.25, -0.2) is 4.98 Å². The molecule has 1 aromatic rings. The average Bonchev–Trinajstić information content (AvgIpc) is 2.45. The van der Waals surface area contributed by atoms with E-state index in [4.69, 9.17) is 0 Å². The Labute approximate surface area is 126 Å². The highest BCUT2D eigenvalue weighted by atomic mass is 79.9. The van der Waals surface area contributed by atoms with Gasteiger partial charge in [0.2, 0.25) is 5.91 Å². The quantitative estimate of drug-likeness (QED) is 0.913. The lowest BCUT2D eigenvalue weighted by Gasteiger charge is -2.32. The van der Waals surface area contributed by atoms with Crippen LogP contribution in [0.2, 0.25) is 0 Å². The molecule has 20 heavy (non-hydrogen) atoms. The molecule has 2 heterocycles. The zero-order valence-electron chi connectivity index (χ0n) is 11.4. The van der Waals surface area contributed by atoms with Crippen molar-refractivity contribution in [1.82, 2.24) is 15.2 Å². The monoisotopic (exact) mass is 339 g/mol. The number of pyridine rings is 1. The summed E-state index contributed by atoms with van der Waals surface area (Å²) in [5.41, 5.74) is 0.466. The van der Waals surface area contributed by atoms with Crippen molar-refractivity contribution in [2.24, 2.45) is 5.92 Å². The highest BCUT2D eigenvalue weighted by molar-refractivity contribution is 9.10.